The molecule has 5 aliphatic carbocycles. The molecule has 7 N–H and O–H groups in total. The summed E-state index contributed by atoms with van der Waals surface area (Å²) in [5.74, 6) is 7.52. The number of aliphatic hydroxyl groups excluding tert-OH is 2. The number of ether oxygens (including phenoxy) is 2. The summed E-state index contributed by atoms with van der Waals surface area (Å²) in [6.07, 6.45) is 18.0. The number of aliphatic hydroxyl groups is 2. The Morgan fingerprint density at radius 1 is 1.00 bits per heavy atom. The summed E-state index contributed by atoms with van der Waals surface area (Å²) >= 11 is 0. The molecule has 69 heavy (non-hydrogen) atoms. The van der Waals surface area contributed by atoms with Gasteiger partial charge >= 0.3 is 0 Å². The van der Waals surface area contributed by atoms with Crippen molar-refractivity contribution in [3.8, 4) is 29.1 Å². The standard InChI is InChI=1S/C59H75N3O7/c1-4-12-39(34-63)28-45(65)20-19-41-31-53(69-47-16-6-7-17-47)56(67)55-48(41)18-11-15-44-32-58(36-64)33-51-49(23-37(2)24-50(51)54(55)52(58)35-68-3)42-26-40(29-46(66)30-42)25-38-13-10-14-43(27-38)59(62-57(60)61-44)21-8-5-9-22-59/h10,13-14,26-31,33,37,44,47,49-50,52,54,63-64,66-67H,4-9,12,15-17,19-25,32,34-36H2,1-3H3,(H3,60,61,62). The van der Waals surface area contributed by atoms with E-state index in [2.05, 4.69) is 60.5 Å². The van der Waals surface area contributed by atoms with E-state index in [9.17, 15) is 25.2 Å². The second-order valence-corrected chi connectivity index (χ2v) is 21.7. The van der Waals surface area contributed by atoms with Crippen LogP contribution in [0.1, 0.15) is 167 Å². The van der Waals surface area contributed by atoms with Crippen molar-refractivity contribution in [1.29, 1.82) is 0 Å². The van der Waals surface area contributed by atoms with E-state index in [4.69, 9.17) is 20.2 Å². The Kier molecular flexibility index (Phi) is 15.0. The van der Waals surface area contributed by atoms with Crippen molar-refractivity contribution in [3.63, 3.8) is 0 Å². The monoisotopic (exact) mass is 938 g/mol. The SMILES string of the molecule is CCCC(=CC(=O)CCc1cc(OC2CCCC2)c(O)c2c1C#CCC1CC3(CO)C=C4C(CC(C)CC4C2C3COC)c2cc(O)cc(c2)Cc2cccc(c2)C2(CCCCC2)NC(N)=N1)CO. The highest BCUT2D eigenvalue weighted by molar-refractivity contribution is 5.90. The molecule has 3 fully saturated rings. The van der Waals surface area contributed by atoms with Crippen LogP contribution in [0.4, 0.5) is 0 Å². The number of benzene rings is 3. The Bertz CT molecular complexity index is 2520. The highest BCUT2D eigenvalue weighted by Gasteiger charge is 2.54. The Hall–Kier alpha value is -5.08. The second-order valence-electron chi connectivity index (χ2n) is 21.7. The molecule has 10 heteroatoms. The van der Waals surface area contributed by atoms with Gasteiger partial charge in [-0.05, 0) is 147 Å². The quantitative estimate of drug-likeness (QED) is 0.0589. The Morgan fingerprint density at radius 3 is 2.57 bits per heavy atom. The highest BCUT2D eigenvalue weighted by Crippen LogP contribution is 2.62. The van der Waals surface area contributed by atoms with Gasteiger partial charge in [0.25, 0.3) is 0 Å². The average Bonchev–Trinajstić information content (AvgIpc) is 3.85. The number of hydrogen-bond donors (Lipinski definition) is 6. The summed E-state index contributed by atoms with van der Waals surface area (Å²) in [4.78, 5) is 19.1. The molecule has 6 aliphatic rings. The van der Waals surface area contributed by atoms with Crippen LogP contribution in [-0.2, 0) is 27.9 Å². The molecule has 3 aromatic rings. The molecule has 7 atom stereocenters. The van der Waals surface area contributed by atoms with E-state index in [1.54, 1.807) is 13.2 Å². The third kappa shape index (κ3) is 10.3. The molecule has 0 aromatic heterocycles. The van der Waals surface area contributed by atoms with Gasteiger partial charge in [-0.1, -0.05) is 93.4 Å². The lowest BCUT2D eigenvalue weighted by Gasteiger charge is -2.54. The second kappa shape index (κ2) is 21.1. The number of phenols is 2. The van der Waals surface area contributed by atoms with Crippen LogP contribution in [0.5, 0.6) is 17.2 Å². The fourth-order valence-electron chi connectivity index (χ4n) is 13.7. The zero-order valence-corrected chi connectivity index (χ0v) is 41.2. The van der Waals surface area contributed by atoms with Gasteiger partial charge in [-0.15, -0.1) is 0 Å². The van der Waals surface area contributed by atoms with Crippen LogP contribution in [0.3, 0.4) is 0 Å². The zero-order valence-electron chi connectivity index (χ0n) is 41.2. The first-order valence-electron chi connectivity index (χ1n) is 26.2. The van der Waals surface area contributed by atoms with Gasteiger partial charge in [0.2, 0.25) is 0 Å². The number of nitrogens with two attached hydrogens (primary N) is 1. The number of rotatable bonds is 12. The molecule has 9 rings (SSSR count). The molecule has 1 spiro atoms. The van der Waals surface area contributed by atoms with Crippen LogP contribution >= 0.6 is 0 Å². The molecule has 1 aliphatic heterocycles. The minimum Gasteiger partial charge on any atom is -0.508 e. The van der Waals surface area contributed by atoms with Crippen molar-refractivity contribution in [3.05, 3.63) is 111 Å². The summed E-state index contributed by atoms with van der Waals surface area (Å²) in [6, 6.07) is 16.4. The summed E-state index contributed by atoms with van der Waals surface area (Å²) in [5, 5.41) is 50.7. The molecule has 1 heterocycles. The topological polar surface area (TPSA) is 167 Å². The van der Waals surface area contributed by atoms with Crippen molar-refractivity contribution in [2.24, 2.45) is 33.9 Å². The molecule has 0 saturated heterocycles. The van der Waals surface area contributed by atoms with E-state index in [1.165, 1.54) is 11.1 Å². The highest BCUT2D eigenvalue weighted by atomic mass is 16.5. The summed E-state index contributed by atoms with van der Waals surface area (Å²) < 4.78 is 13.1. The van der Waals surface area contributed by atoms with Gasteiger partial charge in [0, 0.05) is 54.2 Å². The van der Waals surface area contributed by atoms with E-state index in [0.717, 1.165) is 105 Å². The van der Waals surface area contributed by atoms with Gasteiger partial charge in [0.1, 0.15) is 5.75 Å². The molecule has 0 radical (unpaired) electrons. The number of aromatic hydroxyl groups is 2. The van der Waals surface area contributed by atoms with Crippen molar-refractivity contribution in [2.75, 3.05) is 26.9 Å². The molecule has 8 bridgehead atoms. The lowest BCUT2D eigenvalue weighted by molar-refractivity contribution is -0.114. The fraction of sp³-hybridized carbons (Fsp3) is 0.559. The van der Waals surface area contributed by atoms with E-state index < -0.39 is 17.0 Å². The molecule has 368 valence electrons. The maximum atomic E-state index is 13.7. The van der Waals surface area contributed by atoms with Gasteiger partial charge in [0.05, 0.1) is 37.5 Å². The Balaban J connectivity index is 1.30. The van der Waals surface area contributed by atoms with Crippen molar-refractivity contribution in [1.82, 2.24) is 5.32 Å². The normalized spacial score (nSPS) is 27.6. The smallest absolute Gasteiger partial charge is 0.189 e. The number of carbonyl (C=O) groups is 1. The number of methoxy groups -OCH3 is 1. The van der Waals surface area contributed by atoms with Crippen molar-refractivity contribution < 1.29 is 34.7 Å². The predicted octanol–water partition coefficient (Wildman–Crippen LogP) is 9.92. The number of aliphatic imine (C=N–C) groups is 1. The lowest BCUT2D eigenvalue weighted by atomic mass is 9.51. The van der Waals surface area contributed by atoms with E-state index in [1.807, 2.05) is 25.1 Å². The summed E-state index contributed by atoms with van der Waals surface area (Å²) in [7, 11) is 1.71. The fourth-order valence-corrected chi connectivity index (χ4v) is 13.7. The van der Waals surface area contributed by atoms with Crippen LogP contribution in [0.2, 0.25) is 0 Å². The van der Waals surface area contributed by atoms with Gasteiger partial charge in [-0.2, -0.15) is 0 Å². The third-order valence-electron chi connectivity index (χ3n) is 16.8. The number of allylic oxidation sites excluding steroid dienone is 2. The van der Waals surface area contributed by atoms with E-state index >= 15 is 0 Å². The van der Waals surface area contributed by atoms with Crippen LogP contribution in [-0.4, -0.2) is 71.2 Å². The number of phenolic OH excluding ortho intramolecular Hbond substituents is 2. The first kappa shape index (κ1) is 48.9. The van der Waals surface area contributed by atoms with Crippen LogP contribution in [0.15, 0.2) is 76.8 Å². The van der Waals surface area contributed by atoms with Crippen LogP contribution < -0.4 is 15.8 Å². The zero-order chi connectivity index (χ0) is 48.3. The largest absolute Gasteiger partial charge is 0.508 e. The number of hydrogen-bond acceptors (Lipinski definition) is 10. The lowest BCUT2D eigenvalue weighted by Crippen LogP contribution is -2.51. The number of aryl methyl sites for hydroxylation is 1. The molecule has 7 unspecified atom stereocenters. The maximum absolute atomic E-state index is 13.7. The molecular formula is C59H75N3O7. The molecule has 0 amide bonds. The van der Waals surface area contributed by atoms with E-state index in [-0.39, 0.29) is 72.6 Å². The van der Waals surface area contributed by atoms with Gasteiger partial charge in [-0.25, -0.2) is 4.99 Å². The minimum absolute atomic E-state index is 0.0474. The number of nitrogens with zero attached hydrogens (tertiary/aromatic N) is 1. The summed E-state index contributed by atoms with van der Waals surface area (Å²) in [5.41, 5.74) is 14.4. The minimum atomic E-state index is -0.894. The van der Waals surface area contributed by atoms with Crippen molar-refractivity contribution >= 4 is 11.7 Å². The van der Waals surface area contributed by atoms with Gasteiger partial charge in [-0.3, -0.25) is 4.79 Å². The van der Waals surface area contributed by atoms with Gasteiger partial charge < -0.3 is 41.0 Å². The molecule has 3 saturated carbocycles. The first-order chi connectivity index (χ1) is 33.4. The number of nitrogens with one attached hydrogen (secondary N) is 1. The molecule has 3 aromatic carbocycles. The average molecular weight is 938 g/mol. The van der Waals surface area contributed by atoms with E-state index in [0.29, 0.717) is 61.5 Å². The molecular weight excluding hydrogens is 863 g/mol. The number of carbonyl (C=O) groups excluding carboxylic acids is 1. The van der Waals surface area contributed by atoms with Gasteiger partial charge in [0.15, 0.2) is 23.2 Å². The third-order valence-corrected chi connectivity index (χ3v) is 16.8. The Labute approximate surface area is 409 Å². The number of guanidine groups is 1. The maximum Gasteiger partial charge on any atom is 0.189 e. The summed E-state index contributed by atoms with van der Waals surface area (Å²) in [6.45, 7) is 4.28. The van der Waals surface area contributed by atoms with Crippen molar-refractivity contribution in [2.45, 2.75) is 159 Å². The van der Waals surface area contributed by atoms with Crippen LogP contribution in [0, 0.1) is 35.0 Å². The Morgan fingerprint density at radius 2 is 1.81 bits per heavy atom. The number of fused-ring (bicyclic) bond motifs is 11. The van der Waals surface area contributed by atoms with Crippen LogP contribution in [0.25, 0.3) is 0 Å². The first-order valence-corrected chi connectivity index (χ1v) is 26.2. The predicted molar refractivity (Wildman–Crippen MR) is 272 cm³/mol. The number of ketones is 1. The molecule has 10 nitrogen and oxygen atoms in total.